The number of carbonyl (C=O) groups is 1. The number of benzene rings is 2. The van der Waals surface area contributed by atoms with Gasteiger partial charge in [-0.1, -0.05) is 23.7 Å². The first-order chi connectivity index (χ1) is 11.9. The number of rotatable bonds is 5. The second-order valence-electron chi connectivity index (χ2n) is 5.54. The lowest BCUT2D eigenvalue weighted by molar-refractivity contribution is -0.135. The molecule has 5 heteroatoms. The van der Waals surface area contributed by atoms with Crippen LogP contribution in [0.3, 0.4) is 0 Å². The number of nitrogens with zero attached hydrogens (tertiary/aromatic N) is 1. The van der Waals surface area contributed by atoms with E-state index in [0.717, 1.165) is 32.4 Å². The highest BCUT2D eigenvalue weighted by Gasteiger charge is 2.11. The van der Waals surface area contributed by atoms with Gasteiger partial charge in [0.25, 0.3) is 0 Å². The smallest absolute Gasteiger partial charge is 0.348 e. The largest absolute Gasteiger partial charge is 0.465 e. The van der Waals surface area contributed by atoms with E-state index in [0.29, 0.717) is 0 Å². The van der Waals surface area contributed by atoms with Gasteiger partial charge in [-0.05, 0) is 66.4 Å². The predicted octanol–water partition coefficient (Wildman–Crippen LogP) is 5.33. The zero-order valence-electron chi connectivity index (χ0n) is 14.3. The summed E-state index contributed by atoms with van der Waals surface area (Å²) in [5.41, 5.74) is 4.17. The SMILES string of the molecule is COC(=O)/C(C#N)=C/c1cc(CSc2ccc(Cl)cc2)c(C)cc1C. The van der Waals surface area contributed by atoms with Crippen LogP contribution in [0, 0.1) is 25.2 Å². The summed E-state index contributed by atoms with van der Waals surface area (Å²) in [7, 11) is 1.27. The Hall–Kier alpha value is -2.22. The van der Waals surface area contributed by atoms with Crippen molar-refractivity contribution in [3.05, 3.63) is 69.2 Å². The maximum atomic E-state index is 11.6. The molecule has 0 aliphatic heterocycles. The summed E-state index contributed by atoms with van der Waals surface area (Å²) in [5, 5.41) is 9.86. The standard InChI is InChI=1S/C20H18ClNO2S/c1-13-8-14(2)17(12-25-19-6-4-18(21)5-7-19)10-15(13)9-16(11-22)20(23)24-3/h4-10H,12H2,1-3H3/b16-9+. The van der Waals surface area contributed by atoms with Crippen molar-refractivity contribution in [3.8, 4) is 6.07 Å². The number of methoxy groups -OCH3 is 1. The van der Waals surface area contributed by atoms with E-state index in [1.165, 1.54) is 12.7 Å². The van der Waals surface area contributed by atoms with E-state index in [9.17, 15) is 4.79 Å². The molecule has 0 heterocycles. The van der Waals surface area contributed by atoms with Crippen LogP contribution in [0.25, 0.3) is 6.08 Å². The van der Waals surface area contributed by atoms with Crippen molar-refractivity contribution in [2.75, 3.05) is 7.11 Å². The van der Waals surface area contributed by atoms with Gasteiger partial charge in [-0.25, -0.2) is 4.79 Å². The molecule has 0 N–H and O–H groups in total. The van der Waals surface area contributed by atoms with Crippen LogP contribution < -0.4 is 0 Å². The van der Waals surface area contributed by atoms with Crippen LogP contribution in [-0.4, -0.2) is 13.1 Å². The predicted molar refractivity (Wildman–Crippen MR) is 103 cm³/mol. The van der Waals surface area contributed by atoms with Crippen LogP contribution in [0.15, 0.2) is 46.9 Å². The zero-order chi connectivity index (χ0) is 18.4. The lowest BCUT2D eigenvalue weighted by Crippen LogP contribution is -2.03. The van der Waals surface area contributed by atoms with Crippen molar-refractivity contribution in [2.24, 2.45) is 0 Å². The Morgan fingerprint density at radius 2 is 1.92 bits per heavy atom. The molecule has 0 atom stereocenters. The maximum absolute atomic E-state index is 11.6. The van der Waals surface area contributed by atoms with Crippen molar-refractivity contribution < 1.29 is 9.53 Å². The van der Waals surface area contributed by atoms with Crippen LogP contribution in [0.5, 0.6) is 0 Å². The van der Waals surface area contributed by atoms with Crippen LogP contribution in [0.4, 0.5) is 0 Å². The number of ether oxygens (including phenoxy) is 1. The molecular formula is C20H18ClNO2S. The van der Waals surface area contributed by atoms with Crippen LogP contribution in [0.1, 0.15) is 22.3 Å². The van der Waals surface area contributed by atoms with Crippen molar-refractivity contribution in [3.63, 3.8) is 0 Å². The number of hydrogen-bond acceptors (Lipinski definition) is 4. The van der Waals surface area contributed by atoms with Crippen molar-refractivity contribution in [2.45, 2.75) is 24.5 Å². The summed E-state index contributed by atoms with van der Waals surface area (Å²) in [6, 6.07) is 13.7. The van der Waals surface area contributed by atoms with Crippen molar-refractivity contribution in [1.29, 1.82) is 5.26 Å². The molecular weight excluding hydrogens is 354 g/mol. The molecule has 0 bridgehead atoms. The lowest BCUT2D eigenvalue weighted by atomic mass is 9.99. The van der Waals surface area contributed by atoms with Gasteiger partial charge in [0, 0.05) is 15.7 Å². The third-order valence-electron chi connectivity index (χ3n) is 3.76. The molecule has 0 amide bonds. The van der Waals surface area contributed by atoms with E-state index in [4.69, 9.17) is 16.9 Å². The molecule has 0 aromatic heterocycles. The minimum absolute atomic E-state index is 0.00856. The molecule has 2 rings (SSSR count). The number of aryl methyl sites for hydroxylation is 2. The van der Waals surface area contributed by atoms with E-state index in [-0.39, 0.29) is 5.57 Å². The van der Waals surface area contributed by atoms with Gasteiger partial charge in [0.1, 0.15) is 11.6 Å². The van der Waals surface area contributed by atoms with Gasteiger partial charge in [-0.2, -0.15) is 5.26 Å². The Morgan fingerprint density at radius 1 is 1.24 bits per heavy atom. The molecule has 0 fully saturated rings. The monoisotopic (exact) mass is 371 g/mol. The average molecular weight is 372 g/mol. The zero-order valence-corrected chi connectivity index (χ0v) is 15.9. The minimum atomic E-state index is -0.625. The number of esters is 1. The fourth-order valence-corrected chi connectivity index (χ4v) is 3.41. The number of carbonyl (C=O) groups excluding carboxylic acids is 1. The van der Waals surface area contributed by atoms with E-state index in [1.54, 1.807) is 17.8 Å². The van der Waals surface area contributed by atoms with Crippen molar-refractivity contribution >= 4 is 35.4 Å². The lowest BCUT2D eigenvalue weighted by Gasteiger charge is -2.11. The molecule has 0 unspecified atom stereocenters. The molecule has 0 saturated carbocycles. The highest BCUT2D eigenvalue weighted by atomic mass is 35.5. The molecule has 0 radical (unpaired) electrons. The highest BCUT2D eigenvalue weighted by molar-refractivity contribution is 7.98. The second-order valence-corrected chi connectivity index (χ2v) is 7.02. The number of halogens is 1. The maximum Gasteiger partial charge on any atom is 0.348 e. The topological polar surface area (TPSA) is 50.1 Å². The van der Waals surface area contributed by atoms with E-state index < -0.39 is 5.97 Å². The van der Waals surface area contributed by atoms with Gasteiger partial charge in [-0.15, -0.1) is 11.8 Å². The number of thioether (sulfide) groups is 1. The fourth-order valence-electron chi connectivity index (χ4n) is 2.32. The summed E-state index contributed by atoms with van der Waals surface area (Å²) in [4.78, 5) is 12.8. The molecule has 3 nitrogen and oxygen atoms in total. The summed E-state index contributed by atoms with van der Waals surface area (Å²) in [5.74, 6) is 0.161. The quantitative estimate of drug-likeness (QED) is 0.308. The van der Waals surface area contributed by atoms with Crippen LogP contribution in [0.2, 0.25) is 5.02 Å². The summed E-state index contributed by atoms with van der Waals surface area (Å²) in [6.45, 7) is 4.02. The molecule has 2 aromatic rings. The van der Waals surface area contributed by atoms with Gasteiger partial charge in [0.2, 0.25) is 0 Å². The van der Waals surface area contributed by atoms with Crippen LogP contribution in [-0.2, 0) is 15.3 Å². The minimum Gasteiger partial charge on any atom is -0.465 e. The molecule has 0 aliphatic carbocycles. The normalized spacial score (nSPS) is 11.1. The Kier molecular flexibility index (Phi) is 6.69. The van der Waals surface area contributed by atoms with E-state index in [1.807, 2.05) is 43.3 Å². The van der Waals surface area contributed by atoms with Crippen molar-refractivity contribution in [1.82, 2.24) is 0 Å². The Morgan fingerprint density at radius 3 is 2.52 bits per heavy atom. The van der Waals surface area contributed by atoms with E-state index in [2.05, 4.69) is 17.7 Å². The third-order valence-corrected chi connectivity index (χ3v) is 5.07. The second kappa shape index (κ2) is 8.75. The molecule has 0 spiro atoms. The summed E-state index contributed by atoms with van der Waals surface area (Å²) in [6.07, 6.45) is 1.58. The Labute approximate surface area is 157 Å². The summed E-state index contributed by atoms with van der Waals surface area (Å²) >= 11 is 7.62. The van der Waals surface area contributed by atoms with Gasteiger partial charge in [-0.3, -0.25) is 0 Å². The first kappa shape index (κ1) is 19.1. The van der Waals surface area contributed by atoms with Crippen LogP contribution >= 0.6 is 23.4 Å². The highest BCUT2D eigenvalue weighted by Crippen LogP contribution is 2.28. The van der Waals surface area contributed by atoms with E-state index >= 15 is 0 Å². The third kappa shape index (κ3) is 5.12. The first-order valence-electron chi connectivity index (χ1n) is 7.63. The molecule has 25 heavy (non-hydrogen) atoms. The molecule has 0 saturated heterocycles. The molecule has 2 aromatic carbocycles. The Bertz CT molecular complexity index is 851. The number of nitriles is 1. The fraction of sp³-hybridized carbons (Fsp3) is 0.200. The number of hydrogen-bond donors (Lipinski definition) is 0. The average Bonchev–Trinajstić information content (AvgIpc) is 2.61. The summed E-state index contributed by atoms with van der Waals surface area (Å²) < 4.78 is 4.64. The van der Waals surface area contributed by atoms with Gasteiger partial charge in [0.15, 0.2) is 0 Å². The van der Waals surface area contributed by atoms with Gasteiger partial charge in [0.05, 0.1) is 7.11 Å². The van der Waals surface area contributed by atoms with Gasteiger partial charge < -0.3 is 4.74 Å². The molecule has 0 aliphatic rings. The molecule has 128 valence electrons. The Balaban J connectivity index is 2.28. The van der Waals surface area contributed by atoms with Gasteiger partial charge >= 0.3 is 5.97 Å². The first-order valence-corrected chi connectivity index (χ1v) is 8.99.